The maximum absolute atomic E-state index is 12.9. The smallest absolute Gasteiger partial charge is 0.275 e. The van der Waals surface area contributed by atoms with Gasteiger partial charge in [-0.15, -0.1) is 0 Å². The number of anilines is 1. The van der Waals surface area contributed by atoms with E-state index in [1.807, 2.05) is 50.7 Å². The lowest BCUT2D eigenvalue weighted by Crippen LogP contribution is -2.21. The Morgan fingerprint density at radius 3 is 2.24 bits per heavy atom. The molecule has 0 aliphatic rings. The highest BCUT2D eigenvalue weighted by Crippen LogP contribution is 2.21. The van der Waals surface area contributed by atoms with Gasteiger partial charge < -0.3 is 4.57 Å². The molecule has 9 heteroatoms. The van der Waals surface area contributed by atoms with E-state index in [9.17, 15) is 13.2 Å². The Balaban J connectivity index is 1.54. The lowest BCUT2D eigenvalue weighted by atomic mass is 10.0. The van der Waals surface area contributed by atoms with Gasteiger partial charge >= 0.3 is 0 Å². The van der Waals surface area contributed by atoms with Gasteiger partial charge in [0.25, 0.3) is 15.6 Å². The molecule has 0 aliphatic heterocycles. The van der Waals surface area contributed by atoms with E-state index in [-0.39, 0.29) is 16.4 Å². The number of hydrogen-bond acceptors (Lipinski definition) is 4. The summed E-state index contributed by atoms with van der Waals surface area (Å²) in [6, 6.07) is 13.5. The molecule has 0 saturated heterocycles. The van der Waals surface area contributed by atoms with Crippen LogP contribution in [-0.2, 0) is 23.6 Å². The predicted molar refractivity (Wildman–Crippen MR) is 128 cm³/mol. The number of aromatic nitrogens is 4. The summed E-state index contributed by atoms with van der Waals surface area (Å²) in [5.41, 5.74) is 3.68. The molecule has 0 bridgehead atoms. The van der Waals surface area contributed by atoms with E-state index < -0.39 is 10.0 Å². The average molecular weight is 466 g/mol. The number of imidazole rings is 1. The van der Waals surface area contributed by atoms with Crippen LogP contribution in [0.1, 0.15) is 36.6 Å². The van der Waals surface area contributed by atoms with Gasteiger partial charge in [-0.25, -0.2) is 18.1 Å². The fourth-order valence-corrected chi connectivity index (χ4v) is 4.99. The molecule has 2 aromatic heterocycles. The lowest BCUT2D eigenvalue weighted by Gasteiger charge is -2.11. The van der Waals surface area contributed by atoms with Crippen LogP contribution in [0.15, 0.2) is 76.9 Å². The zero-order chi connectivity index (χ0) is 23.8. The van der Waals surface area contributed by atoms with Crippen molar-refractivity contribution in [1.82, 2.24) is 18.9 Å². The van der Waals surface area contributed by atoms with Crippen LogP contribution >= 0.6 is 0 Å². The van der Waals surface area contributed by atoms with Gasteiger partial charge in [0, 0.05) is 42.9 Å². The number of rotatable bonds is 7. The van der Waals surface area contributed by atoms with Gasteiger partial charge in [-0.1, -0.05) is 26.0 Å². The minimum Gasteiger partial charge on any atom is -0.333 e. The second kappa shape index (κ2) is 8.74. The van der Waals surface area contributed by atoms with Crippen molar-refractivity contribution in [3.63, 3.8) is 0 Å². The monoisotopic (exact) mass is 465 g/mol. The van der Waals surface area contributed by atoms with Crippen molar-refractivity contribution < 1.29 is 8.42 Å². The van der Waals surface area contributed by atoms with Crippen LogP contribution in [0.2, 0.25) is 0 Å². The van der Waals surface area contributed by atoms with Crippen molar-refractivity contribution in [2.24, 2.45) is 7.05 Å². The Morgan fingerprint density at radius 2 is 1.70 bits per heavy atom. The van der Waals surface area contributed by atoms with Gasteiger partial charge in [0.1, 0.15) is 0 Å². The van der Waals surface area contributed by atoms with Crippen LogP contribution in [-0.4, -0.2) is 27.3 Å². The van der Waals surface area contributed by atoms with Crippen molar-refractivity contribution in [2.75, 3.05) is 4.72 Å². The summed E-state index contributed by atoms with van der Waals surface area (Å²) >= 11 is 0. The molecule has 8 nitrogen and oxygen atoms in total. The molecule has 33 heavy (non-hydrogen) atoms. The van der Waals surface area contributed by atoms with Crippen molar-refractivity contribution in [2.45, 2.75) is 38.1 Å². The van der Waals surface area contributed by atoms with Gasteiger partial charge in [0.15, 0.2) is 0 Å². The van der Waals surface area contributed by atoms with E-state index >= 15 is 0 Å². The number of nitrogens with one attached hydrogen (secondary N) is 1. The first kappa shape index (κ1) is 22.6. The third-order valence-electron chi connectivity index (χ3n) is 5.70. The summed E-state index contributed by atoms with van der Waals surface area (Å²) in [4.78, 5) is 17.0. The molecule has 4 rings (SSSR count). The Labute approximate surface area is 193 Å². The maximum Gasteiger partial charge on any atom is 0.275 e. The van der Waals surface area contributed by atoms with Crippen LogP contribution in [0.25, 0.3) is 5.69 Å². The average Bonchev–Trinajstić information content (AvgIpc) is 3.35. The van der Waals surface area contributed by atoms with Crippen molar-refractivity contribution in [3.05, 3.63) is 94.4 Å². The molecular formula is C24H27N5O3S. The zero-order valence-electron chi connectivity index (χ0n) is 19.1. The fourth-order valence-electron chi connectivity index (χ4n) is 3.93. The van der Waals surface area contributed by atoms with Gasteiger partial charge in [-0.2, -0.15) is 0 Å². The standard InChI is InChI=1S/C24H27N5O3S/c1-17(2)23-18(3)27(4)29(24(23)30)21-9-11-22(12-10-21)33(31,32)26-20-7-5-19(6-8-20)15-28-14-13-25-16-28/h5-14,16-17,26H,15H2,1-4H3. The molecule has 0 unspecified atom stereocenters. The molecule has 0 atom stereocenters. The summed E-state index contributed by atoms with van der Waals surface area (Å²) in [5.74, 6) is 0.0973. The molecule has 172 valence electrons. The molecule has 1 N–H and O–H groups in total. The third-order valence-corrected chi connectivity index (χ3v) is 7.09. The topological polar surface area (TPSA) is 90.9 Å². The van der Waals surface area contributed by atoms with E-state index in [4.69, 9.17) is 0 Å². The highest BCUT2D eigenvalue weighted by atomic mass is 32.2. The Kier molecular flexibility index (Phi) is 5.99. The molecule has 0 aliphatic carbocycles. The highest BCUT2D eigenvalue weighted by molar-refractivity contribution is 7.92. The van der Waals surface area contributed by atoms with E-state index in [1.54, 1.807) is 46.2 Å². The number of benzene rings is 2. The Bertz CT molecular complexity index is 1410. The van der Waals surface area contributed by atoms with Gasteiger partial charge in [-0.3, -0.25) is 14.2 Å². The zero-order valence-corrected chi connectivity index (χ0v) is 19.9. The second-order valence-corrected chi connectivity index (χ2v) is 10.0. The summed E-state index contributed by atoms with van der Waals surface area (Å²) in [7, 11) is -1.95. The van der Waals surface area contributed by atoms with Crippen molar-refractivity contribution in [1.29, 1.82) is 0 Å². The number of sulfonamides is 1. The minimum atomic E-state index is -3.77. The Morgan fingerprint density at radius 1 is 1.03 bits per heavy atom. The summed E-state index contributed by atoms with van der Waals surface area (Å²) in [6.07, 6.45) is 5.32. The van der Waals surface area contributed by atoms with Crippen LogP contribution in [0.4, 0.5) is 5.69 Å². The first-order chi connectivity index (χ1) is 15.7. The molecular weight excluding hydrogens is 438 g/mol. The highest BCUT2D eigenvalue weighted by Gasteiger charge is 2.19. The van der Waals surface area contributed by atoms with Gasteiger partial charge in [-0.05, 0) is 54.8 Å². The van der Waals surface area contributed by atoms with Gasteiger partial charge in [0.05, 0.1) is 16.9 Å². The van der Waals surface area contributed by atoms with Crippen LogP contribution in [0.5, 0.6) is 0 Å². The number of nitrogens with zero attached hydrogens (tertiary/aromatic N) is 4. The molecule has 0 fully saturated rings. The molecule has 0 saturated carbocycles. The predicted octanol–water partition coefficient (Wildman–Crippen LogP) is 3.65. The second-order valence-electron chi connectivity index (χ2n) is 8.33. The summed E-state index contributed by atoms with van der Waals surface area (Å²) in [5, 5.41) is 0. The van der Waals surface area contributed by atoms with E-state index in [0.717, 1.165) is 16.8 Å². The van der Waals surface area contributed by atoms with Gasteiger partial charge in [0.2, 0.25) is 0 Å². The molecule has 2 aromatic carbocycles. The molecule has 0 spiro atoms. The van der Waals surface area contributed by atoms with Crippen LogP contribution < -0.4 is 10.3 Å². The summed E-state index contributed by atoms with van der Waals surface area (Å²) < 4.78 is 33.7. The minimum absolute atomic E-state index is 0.0884. The van der Waals surface area contributed by atoms with Crippen molar-refractivity contribution >= 4 is 15.7 Å². The molecule has 4 aromatic rings. The maximum atomic E-state index is 12.9. The first-order valence-corrected chi connectivity index (χ1v) is 12.1. The summed E-state index contributed by atoms with van der Waals surface area (Å²) in [6.45, 7) is 6.54. The van der Waals surface area contributed by atoms with Crippen LogP contribution in [0.3, 0.4) is 0 Å². The number of hydrogen-bond donors (Lipinski definition) is 1. The van der Waals surface area contributed by atoms with E-state index in [2.05, 4.69) is 9.71 Å². The molecule has 0 amide bonds. The first-order valence-electron chi connectivity index (χ1n) is 10.6. The van der Waals surface area contributed by atoms with E-state index in [0.29, 0.717) is 17.9 Å². The van der Waals surface area contributed by atoms with E-state index in [1.165, 1.54) is 12.1 Å². The normalized spacial score (nSPS) is 11.8. The fraction of sp³-hybridized carbons (Fsp3) is 0.250. The third kappa shape index (κ3) is 4.49. The lowest BCUT2D eigenvalue weighted by molar-refractivity contribution is 0.601. The SMILES string of the molecule is Cc1c(C(C)C)c(=O)n(-c2ccc(S(=O)(=O)Nc3ccc(Cn4ccnc4)cc3)cc2)n1C. The molecule has 2 heterocycles. The van der Waals surface area contributed by atoms with Crippen molar-refractivity contribution in [3.8, 4) is 5.69 Å². The quantitative estimate of drug-likeness (QED) is 0.451. The largest absolute Gasteiger partial charge is 0.333 e. The van der Waals surface area contributed by atoms with Crippen LogP contribution in [0, 0.1) is 6.92 Å². The molecule has 0 radical (unpaired) electrons. The Hall–Kier alpha value is -3.59.